The van der Waals surface area contributed by atoms with Crippen LogP contribution in [-0.2, 0) is 17.6 Å². The van der Waals surface area contributed by atoms with E-state index in [4.69, 9.17) is 16.3 Å². The predicted octanol–water partition coefficient (Wildman–Crippen LogP) is 3.11. The number of nitrogens with zero attached hydrogens (tertiary/aromatic N) is 2. The minimum absolute atomic E-state index is 0.0200. The Kier molecular flexibility index (Phi) is 3.77. The molecule has 4 heteroatoms. The van der Waals surface area contributed by atoms with E-state index in [1.807, 2.05) is 0 Å². The first kappa shape index (κ1) is 11.8. The molecule has 0 spiro atoms. The van der Waals surface area contributed by atoms with Gasteiger partial charge in [-0.15, -0.1) is 0 Å². The van der Waals surface area contributed by atoms with E-state index < -0.39 is 0 Å². The summed E-state index contributed by atoms with van der Waals surface area (Å²) in [6, 6.07) is 0. The van der Waals surface area contributed by atoms with Gasteiger partial charge in [0.2, 0.25) is 0 Å². The third-order valence-corrected chi connectivity index (χ3v) is 3.34. The summed E-state index contributed by atoms with van der Waals surface area (Å²) in [7, 11) is 1.70. The molecule has 0 saturated heterocycles. The number of methoxy groups -OCH3 is 1. The highest BCUT2D eigenvalue weighted by atomic mass is 35.5. The highest BCUT2D eigenvalue weighted by Crippen LogP contribution is 2.29. The summed E-state index contributed by atoms with van der Waals surface area (Å²) in [5.74, 6) is 0.745. The van der Waals surface area contributed by atoms with E-state index in [0.717, 1.165) is 49.2 Å². The van der Waals surface area contributed by atoms with Crippen LogP contribution in [-0.4, -0.2) is 17.1 Å². The number of ether oxygens (including phenoxy) is 1. The fraction of sp³-hybridized carbons (Fsp3) is 0.667. The monoisotopic (exact) mass is 240 g/mol. The van der Waals surface area contributed by atoms with Gasteiger partial charge in [-0.25, -0.2) is 9.97 Å². The third-order valence-electron chi connectivity index (χ3n) is 3.02. The lowest BCUT2D eigenvalue weighted by Crippen LogP contribution is -2.09. The van der Waals surface area contributed by atoms with Gasteiger partial charge in [-0.2, -0.15) is 0 Å². The van der Waals surface area contributed by atoms with Crippen LogP contribution in [0.1, 0.15) is 49.4 Å². The first-order valence-corrected chi connectivity index (χ1v) is 6.22. The van der Waals surface area contributed by atoms with Crippen LogP contribution < -0.4 is 0 Å². The van der Waals surface area contributed by atoms with Crippen molar-refractivity contribution in [2.24, 2.45) is 0 Å². The minimum atomic E-state index is -0.0200. The van der Waals surface area contributed by atoms with E-state index in [1.54, 1.807) is 7.11 Å². The molecule has 88 valence electrons. The number of halogens is 1. The Morgan fingerprint density at radius 2 is 2.19 bits per heavy atom. The van der Waals surface area contributed by atoms with Crippen LogP contribution in [0, 0.1) is 0 Å². The molecule has 1 aliphatic carbocycles. The van der Waals surface area contributed by atoms with Gasteiger partial charge in [0.1, 0.15) is 11.3 Å². The highest BCUT2D eigenvalue weighted by molar-refractivity contribution is 6.30. The molecule has 3 nitrogen and oxygen atoms in total. The molecule has 0 N–H and O–H groups in total. The number of aryl methyl sites for hydroxylation is 1. The Bertz CT molecular complexity index is 382. The van der Waals surface area contributed by atoms with Gasteiger partial charge in [0.05, 0.1) is 0 Å². The Labute approximate surface area is 101 Å². The summed E-state index contributed by atoms with van der Waals surface area (Å²) in [5.41, 5.74) is 2.25. The maximum absolute atomic E-state index is 6.17. The second-order valence-electron chi connectivity index (χ2n) is 4.16. The molecule has 1 aromatic heterocycles. The molecule has 0 saturated carbocycles. The lowest BCUT2D eigenvalue weighted by atomic mass is 10.2. The standard InChI is InChI=1S/C12H17ClN2O/c1-3-5-10(16-2)12-14-9-7-4-6-8(9)11(13)15-12/h10H,3-7H2,1-2H3. The quantitative estimate of drug-likeness (QED) is 0.759. The fourth-order valence-corrected chi connectivity index (χ4v) is 2.45. The van der Waals surface area contributed by atoms with Crippen molar-refractivity contribution in [3.8, 4) is 0 Å². The summed E-state index contributed by atoms with van der Waals surface area (Å²) in [6.07, 6.45) is 5.14. The SMILES string of the molecule is CCCC(OC)c1nc(Cl)c2c(n1)CCC2. The van der Waals surface area contributed by atoms with Crippen molar-refractivity contribution in [1.29, 1.82) is 0 Å². The molecule has 1 heterocycles. The van der Waals surface area contributed by atoms with Crippen molar-refractivity contribution in [3.63, 3.8) is 0 Å². The number of hydrogen-bond donors (Lipinski definition) is 0. The van der Waals surface area contributed by atoms with E-state index in [0.29, 0.717) is 5.15 Å². The third kappa shape index (κ3) is 2.20. The van der Waals surface area contributed by atoms with Gasteiger partial charge in [0.25, 0.3) is 0 Å². The highest BCUT2D eigenvalue weighted by Gasteiger charge is 2.21. The van der Waals surface area contributed by atoms with Crippen molar-refractivity contribution >= 4 is 11.6 Å². The Balaban J connectivity index is 2.31. The normalized spacial score (nSPS) is 16.2. The molecule has 1 atom stereocenters. The van der Waals surface area contributed by atoms with Crippen LogP contribution in [0.4, 0.5) is 0 Å². The Morgan fingerprint density at radius 3 is 2.88 bits per heavy atom. The largest absolute Gasteiger partial charge is 0.373 e. The minimum Gasteiger partial charge on any atom is -0.373 e. The van der Waals surface area contributed by atoms with Crippen LogP contribution in [0.25, 0.3) is 0 Å². The van der Waals surface area contributed by atoms with Gasteiger partial charge in [-0.05, 0) is 25.7 Å². The zero-order valence-corrected chi connectivity index (χ0v) is 10.5. The lowest BCUT2D eigenvalue weighted by Gasteiger charge is -2.14. The van der Waals surface area contributed by atoms with Gasteiger partial charge < -0.3 is 4.74 Å². The lowest BCUT2D eigenvalue weighted by molar-refractivity contribution is 0.0874. The number of hydrogen-bond acceptors (Lipinski definition) is 3. The van der Waals surface area contributed by atoms with Crippen LogP contribution >= 0.6 is 11.6 Å². The van der Waals surface area contributed by atoms with Gasteiger partial charge in [0.15, 0.2) is 5.82 Å². The molecule has 0 fully saturated rings. The summed E-state index contributed by atoms with van der Waals surface area (Å²) in [4.78, 5) is 8.95. The first-order chi connectivity index (χ1) is 7.76. The van der Waals surface area contributed by atoms with Gasteiger partial charge in [-0.1, -0.05) is 24.9 Å². The van der Waals surface area contributed by atoms with Gasteiger partial charge >= 0.3 is 0 Å². The van der Waals surface area contributed by atoms with Crippen molar-refractivity contribution < 1.29 is 4.74 Å². The summed E-state index contributed by atoms with van der Waals surface area (Å²) in [6.45, 7) is 2.13. The molecular weight excluding hydrogens is 224 g/mol. The second kappa shape index (κ2) is 5.11. The van der Waals surface area contributed by atoms with Crippen LogP contribution in [0.5, 0.6) is 0 Å². The molecule has 0 radical (unpaired) electrons. The smallest absolute Gasteiger partial charge is 0.159 e. The van der Waals surface area contributed by atoms with Crippen LogP contribution in [0.2, 0.25) is 5.15 Å². The summed E-state index contributed by atoms with van der Waals surface area (Å²) < 4.78 is 5.41. The van der Waals surface area contributed by atoms with Gasteiger partial charge in [-0.3, -0.25) is 0 Å². The molecule has 2 rings (SSSR count). The average Bonchev–Trinajstić information content (AvgIpc) is 2.74. The maximum atomic E-state index is 6.17. The second-order valence-corrected chi connectivity index (χ2v) is 4.52. The van der Waals surface area contributed by atoms with E-state index >= 15 is 0 Å². The Morgan fingerprint density at radius 1 is 1.38 bits per heavy atom. The average molecular weight is 241 g/mol. The maximum Gasteiger partial charge on any atom is 0.159 e. The van der Waals surface area contributed by atoms with Crippen molar-refractivity contribution in [3.05, 3.63) is 22.2 Å². The molecule has 0 aromatic carbocycles. The van der Waals surface area contributed by atoms with E-state index in [9.17, 15) is 0 Å². The van der Waals surface area contributed by atoms with Crippen molar-refractivity contribution in [2.75, 3.05) is 7.11 Å². The zero-order valence-electron chi connectivity index (χ0n) is 9.79. The predicted molar refractivity (Wildman–Crippen MR) is 63.7 cm³/mol. The topological polar surface area (TPSA) is 35.0 Å². The molecule has 16 heavy (non-hydrogen) atoms. The number of fused-ring (bicyclic) bond motifs is 1. The molecule has 1 aromatic rings. The zero-order chi connectivity index (χ0) is 11.5. The number of rotatable bonds is 4. The molecule has 0 amide bonds. The molecular formula is C12H17ClN2O. The van der Waals surface area contributed by atoms with Gasteiger partial charge in [0, 0.05) is 18.4 Å². The van der Waals surface area contributed by atoms with Crippen molar-refractivity contribution in [2.45, 2.75) is 45.1 Å². The summed E-state index contributed by atoms with van der Waals surface area (Å²) >= 11 is 6.17. The number of aromatic nitrogens is 2. The molecule has 1 unspecified atom stereocenters. The molecule has 0 aliphatic heterocycles. The summed E-state index contributed by atoms with van der Waals surface area (Å²) in [5, 5.41) is 0.621. The van der Waals surface area contributed by atoms with E-state index in [-0.39, 0.29) is 6.10 Å². The van der Waals surface area contributed by atoms with Crippen LogP contribution in [0.15, 0.2) is 0 Å². The molecule has 1 aliphatic rings. The molecule has 0 bridgehead atoms. The van der Waals surface area contributed by atoms with E-state index in [2.05, 4.69) is 16.9 Å². The van der Waals surface area contributed by atoms with Crippen LogP contribution in [0.3, 0.4) is 0 Å². The van der Waals surface area contributed by atoms with E-state index in [1.165, 1.54) is 0 Å². The first-order valence-electron chi connectivity index (χ1n) is 5.84. The van der Waals surface area contributed by atoms with Crippen molar-refractivity contribution in [1.82, 2.24) is 9.97 Å². The Hall–Kier alpha value is -0.670. The fourth-order valence-electron chi connectivity index (χ4n) is 2.16.